The minimum atomic E-state index is 0.289. The first-order valence-electron chi connectivity index (χ1n) is 7.38. The molecule has 0 radical (unpaired) electrons. The van der Waals surface area contributed by atoms with Gasteiger partial charge in [0, 0.05) is 24.8 Å². The molecule has 0 aromatic heterocycles. The van der Waals surface area contributed by atoms with Gasteiger partial charge in [0.1, 0.15) is 5.75 Å². The SMILES string of the molecule is CCCOc1ccccc1C(C)NCC1CCCO1. The van der Waals surface area contributed by atoms with E-state index in [0.29, 0.717) is 6.10 Å². The van der Waals surface area contributed by atoms with Crippen LogP contribution >= 0.6 is 0 Å². The maximum absolute atomic E-state index is 5.81. The van der Waals surface area contributed by atoms with Crippen LogP contribution in [0.1, 0.15) is 44.7 Å². The first-order chi connectivity index (χ1) is 9.31. The van der Waals surface area contributed by atoms with Crippen molar-refractivity contribution >= 4 is 0 Å². The molecule has 106 valence electrons. The fourth-order valence-electron chi connectivity index (χ4n) is 2.41. The van der Waals surface area contributed by atoms with E-state index in [4.69, 9.17) is 9.47 Å². The van der Waals surface area contributed by atoms with Crippen LogP contribution in [0.2, 0.25) is 0 Å². The van der Waals surface area contributed by atoms with Crippen LogP contribution in [-0.2, 0) is 4.74 Å². The topological polar surface area (TPSA) is 30.5 Å². The van der Waals surface area contributed by atoms with Crippen molar-refractivity contribution in [3.8, 4) is 5.75 Å². The maximum Gasteiger partial charge on any atom is 0.124 e. The monoisotopic (exact) mass is 263 g/mol. The van der Waals surface area contributed by atoms with Gasteiger partial charge >= 0.3 is 0 Å². The number of rotatable bonds is 7. The van der Waals surface area contributed by atoms with Gasteiger partial charge in [0.25, 0.3) is 0 Å². The molecule has 1 heterocycles. The van der Waals surface area contributed by atoms with Crippen molar-refractivity contribution in [3.63, 3.8) is 0 Å². The summed E-state index contributed by atoms with van der Waals surface area (Å²) in [6.07, 6.45) is 3.78. The Morgan fingerprint density at radius 1 is 1.42 bits per heavy atom. The molecule has 0 aliphatic carbocycles. The summed E-state index contributed by atoms with van der Waals surface area (Å²) < 4.78 is 11.4. The van der Waals surface area contributed by atoms with E-state index in [0.717, 1.165) is 31.9 Å². The van der Waals surface area contributed by atoms with Gasteiger partial charge in [-0.3, -0.25) is 0 Å². The second-order valence-corrected chi connectivity index (χ2v) is 5.15. The molecule has 2 rings (SSSR count). The number of hydrogen-bond donors (Lipinski definition) is 1. The van der Waals surface area contributed by atoms with Crippen molar-refractivity contribution in [2.24, 2.45) is 0 Å². The summed E-state index contributed by atoms with van der Waals surface area (Å²) in [7, 11) is 0. The van der Waals surface area contributed by atoms with Crippen molar-refractivity contribution in [2.45, 2.75) is 45.3 Å². The third-order valence-electron chi connectivity index (χ3n) is 3.52. The molecule has 0 amide bonds. The van der Waals surface area contributed by atoms with Crippen LogP contribution < -0.4 is 10.1 Å². The van der Waals surface area contributed by atoms with Crippen LogP contribution in [0.4, 0.5) is 0 Å². The van der Waals surface area contributed by atoms with Crippen molar-refractivity contribution in [1.29, 1.82) is 0 Å². The average molecular weight is 263 g/mol. The van der Waals surface area contributed by atoms with E-state index >= 15 is 0 Å². The molecule has 0 bridgehead atoms. The molecule has 0 saturated carbocycles. The highest BCUT2D eigenvalue weighted by Crippen LogP contribution is 2.25. The zero-order valence-electron chi connectivity index (χ0n) is 12.0. The summed E-state index contributed by atoms with van der Waals surface area (Å²) in [5.74, 6) is 0.997. The Labute approximate surface area is 116 Å². The molecule has 1 saturated heterocycles. The summed E-state index contributed by atoms with van der Waals surface area (Å²) in [6.45, 7) is 6.92. The molecule has 3 heteroatoms. The highest BCUT2D eigenvalue weighted by Gasteiger charge is 2.17. The first-order valence-corrected chi connectivity index (χ1v) is 7.38. The molecule has 1 aliphatic heterocycles. The predicted molar refractivity (Wildman–Crippen MR) is 77.6 cm³/mol. The molecule has 3 nitrogen and oxygen atoms in total. The normalized spacial score (nSPS) is 20.4. The quantitative estimate of drug-likeness (QED) is 0.818. The van der Waals surface area contributed by atoms with Gasteiger partial charge < -0.3 is 14.8 Å². The van der Waals surface area contributed by atoms with Gasteiger partial charge in [0.15, 0.2) is 0 Å². The molecule has 0 spiro atoms. The standard InChI is InChI=1S/C16H25NO2/c1-3-10-19-16-9-5-4-8-15(16)13(2)17-12-14-7-6-11-18-14/h4-5,8-9,13-14,17H,3,6-7,10-12H2,1-2H3. The Morgan fingerprint density at radius 3 is 3.00 bits per heavy atom. The van der Waals surface area contributed by atoms with Crippen LogP contribution in [0.5, 0.6) is 5.75 Å². The van der Waals surface area contributed by atoms with Gasteiger partial charge in [-0.15, -0.1) is 0 Å². The van der Waals surface area contributed by atoms with Crippen molar-refractivity contribution in [1.82, 2.24) is 5.32 Å². The fraction of sp³-hybridized carbons (Fsp3) is 0.625. The molecule has 2 atom stereocenters. The number of para-hydroxylation sites is 1. The zero-order chi connectivity index (χ0) is 13.5. The molecule has 1 aromatic carbocycles. The van der Waals surface area contributed by atoms with E-state index in [2.05, 4.69) is 37.4 Å². The van der Waals surface area contributed by atoms with Crippen LogP contribution in [-0.4, -0.2) is 25.9 Å². The van der Waals surface area contributed by atoms with Gasteiger partial charge in [-0.25, -0.2) is 0 Å². The van der Waals surface area contributed by atoms with Crippen LogP contribution in [0.3, 0.4) is 0 Å². The summed E-state index contributed by atoms with van der Waals surface area (Å²) in [5, 5.41) is 3.55. The maximum atomic E-state index is 5.81. The highest BCUT2D eigenvalue weighted by molar-refractivity contribution is 5.35. The van der Waals surface area contributed by atoms with E-state index < -0.39 is 0 Å². The molecule has 2 unspecified atom stereocenters. The first kappa shape index (κ1) is 14.4. The lowest BCUT2D eigenvalue weighted by atomic mass is 10.1. The van der Waals surface area contributed by atoms with Gasteiger partial charge in [-0.05, 0) is 32.3 Å². The smallest absolute Gasteiger partial charge is 0.124 e. The van der Waals surface area contributed by atoms with Crippen LogP contribution in [0.15, 0.2) is 24.3 Å². The second-order valence-electron chi connectivity index (χ2n) is 5.15. The van der Waals surface area contributed by atoms with Gasteiger partial charge in [0.05, 0.1) is 12.7 Å². The predicted octanol–water partition coefficient (Wildman–Crippen LogP) is 3.31. The third-order valence-corrected chi connectivity index (χ3v) is 3.52. The fourth-order valence-corrected chi connectivity index (χ4v) is 2.41. The summed E-state index contributed by atoms with van der Waals surface area (Å²) in [4.78, 5) is 0. The zero-order valence-corrected chi connectivity index (χ0v) is 12.0. The highest BCUT2D eigenvalue weighted by atomic mass is 16.5. The van der Waals surface area contributed by atoms with Gasteiger partial charge in [-0.1, -0.05) is 25.1 Å². The molecule has 1 fully saturated rings. The van der Waals surface area contributed by atoms with Gasteiger partial charge in [0.2, 0.25) is 0 Å². The lowest BCUT2D eigenvalue weighted by molar-refractivity contribution is 0.108. The van der Waals surface area contributed by atoms with Crippen LogP contribution in [0.25, 0.3) is 0 Å². The number of nitrogens with one attached hydrogen (secondary N) is 1. The lowest BCUT2D eigenvalue weighted by Crippen LogP contribution is -2.28. The van der Waals surface area contributed by atoms with E-state index in [1.54, 1.807) is 0 Å². The van der Waals surface area contributed by atoms with E-state index in [1.165, 1.54) is 18.4 Å². The van der Waals surface area contributed by atoms with Gasteiger partial charge in [-0.2, -0.15) is 0 Å². The Morgan fingerprint density at radius 2 is 2.26 bits per heavy atom. The van der Waals surface area contributed by atoms with Crippen LogP contribution in [0, 0.1) is 0 Å². The average Bonchev–Trinajstić information content (AvgIpc) is 2.96. The Bertz CT molecular complexity index is 375. The minimum absolute atomic E-state index is 0.289. The number of ether oxygens (including phenoxy) is 2. The largest absolute Gasteiger partial charge is 0.493 e. The van der Waals surface area contributed by atoms with E-state index in [1.807, 2.05) is 6.07 Å². The Hall–Kier alpha value is -1.06. The van der Waals surface area contributed by atoms with E-state index in [9.17, 15) is 0 Å². The minimum Gasteiger partial charge on any atom is -0.493 e. The second kappa shape index (κ2) is 7.51. The molecular formula is C16H25NO2. The third kappa shape index (κ3) is 4.22. The van der Waals surface area contributed by atoms with E-state index in [-0.39, 0.29) is 6.04 Å². The molecular weight excluding hydrogens is 238 g/mol. The van der Waals surface area contributed by atoms with Crippen molar-refractivity contribution in [3.05, 3.63) is 29.8 Å². The molecule has 1 aromatic rings. The molecule has 19 heavy (non-hydrogen) atoms. The molecule has 1 N–H and O–H groups in total. The summed E-state index contributed by atoms with van der Waals surface area (Å²) in [5.41, 5.74) is 1.23. The molecule has 1 aliphatic rings. The Kier molecular flexibility index (Phi) is 5.67. The summed E-state index contributed by atoms with van der Waals surface area (Å²) >= 11 is 0. The van der Waals surface area contributed by atoms with Crippen molar-refractivity contribution in [2.75, 3.05) is 19.8 Å². The van der Waals surface area contributed by atoms with Crippen molar-refractivity contribution < 1.29 is 9.47 Å². The summed E-state index contributed by atoms with van der Waals surface area (Å²) in [6, 6.07) is 8.57. The number of hydrogen-bond acceptors (Lipinski definition) is 3. The Balaban J connectivity index is 1.91. The lowest BCUT2D eigenvalue weighted by Gasteiger charge is -2.20. The number of benzene rings is 1.